The van der Waals surface area contributed by atoms with Gasteiger partial charge in [-0.25, -0.2) is 9.59 Å². The summed E-state index contributed by atoms with van der Waals surface area (Å²) < 4.78 is 3.22. The average molecular weight is 594 g/mol. The molecule has 0 spiro atoms. The highest BCUT2D eigenvalue weighted by atomic mass is 79.9. The number of hydrogen-bond donors (Lipinski definition) is 4. The minimum Gasteiger partial charge on any atom is -0.397 e. The number of aromatic amines is 1. The van der Waals surface area contributed by atoms with Gasteiger partial charge in [-0.05, 0) is 88.0 Å². The molecule has 0 bridgehead atoms. The zero-order chi connectivity index (χ0) is 24.4. The standard InChI is InChI=1S/C23H26Br2N6O3/c24-16-10-13(11-17(25)21(16)26)20(32)2-1-7-30-8-5-15(6-9-30)31-19-4-3-14(28-22(27)33)12-18(19)29-23(31)34/h3-4,10-12,15H,1-2,5-9,26H2,(H,29,34)(H3,27,28,33). The Labute approximate surface area is 213 Å². The molecule has 11 heteroatoms. The van der Waals surface area contributed by atoms with Gasteiger partial charge in [-0.15, -0.1) is 0 Å². The fourth-order valence-corrected chi connectivity index (χ4v) is 5.65. The van der Waals surface area contributed by atoms with Gasteiger partial charge in [0.25, 0.3) is 0 Å². The number of nitrogens with one attached hydrogen (secondary N) is 2. The number of ketones is 1. The van der Waals surface area contributed by atoms with Crippen molar-refractivity contribution in [3.8, 4) is 0 Å². The Bertz CT molecular complexity index is 1270. The number of piperidine rings is 1. The number of nitrogens with zero attached hydrogens (tertiary/aromatic N) is 2. The number of fused-ring (bicyclic) bond motifs is 1. The second-order valence-electron chi connectivity index (χ2n) is 8.47. The molecule has 6 N–H and O–H groups in total. The smallest absolute Gasteiger partial charge is 0.326 e. The zero-order valence-electron chi connectivity index (χ0n) is 18.4. The van der Waals surface area contributed by atoms with E-state index in [1.807, 2.05) is 6.07 Å². The largest absolute Gasteiger partial charge is 0.397 e. The van der Waals surface area contributed by atoms with Crippen LogP contribution in [0.2, 0.25) is 0 Å². The predicted octanol–water partition coefficient (Wildman–Crippen LogP) is 4.23. The van der Waals surface area contributed by atoms with Crippen molar-refractivity contribution in [2.45, 2.75) is 31.7 Å². The number of H-pyrrole nitrogens is 1. The molecule has 3 aromatic rings. The topological polar surface area (TPSA) is 139 Å². The number of carbonyl (C=O) groups excluding carboxylic acids is 2. The molecule has 0 aliphatic carbocycles. The average Bonchev–Trinajstić information content (AvgIpc) is 3.12. The molecule has 0 saturated carbocycles. The quantitative estimate of drug-likeness (QED) is 0.240. The summed E-state index contributed by atoms with van der Waals surface area (Å²) in [6.45, 7) is 2.55. The zero-order valence-corrected chi connectivity index (χ0v) is 21.6. The van der Waals surface area contributed by atoms with Crippen LogP contribution in [0, 0.1) is 0 Å². The van der Waals surface area contributed by atoms with Gasteiger partial charge >= 0.3 is 11.7 Å². The van der Waals surface area contributed by atoms with E-state index >= 15 is 0 Å². The van der Waals surface area contributed by atoms with E-state index in [2.05, 4.69) is 47.1 Å². The lowest BCUT2D eigenvalue weighted by Crippen LogP contribution is -2.37. The fraction of sp³-hybridized carbons (Fsp3) is 0.348. The van der Waals surface area contributed by atoms with Gasteiger partial charge in [-0.3, -0.25) is 9.36 Å². The monoisotopic (exact) mass is 592 g/mol. The van der Waals surface area contributed by atoms with E-state index in [9.17, 15) is 14.4 Å². The Morgan fingerprint density at radius 3 is 2.44 bits per heavy atom. The molecule has 1 fully saturated rings. The molecule has 2 aromatic carbocycles. The number of aromatic nitrogens is 2. The minimum atomic E-state index is -0.649. The number of amides is 2. The van der Waals surface area contributed by atoms with E-state index in [1.54, 1.807) is 28.8 Å². The maximum Gasteiger partial charge on any atom is 0.326 e. The van der Waals surface area contributed by atoms with Crippen LogP contribution < -0.4 is 22.5 Å². The molecule has 1 aliphatic heterocycles. The first-order valence-electron chi connectivity index (χ1n) is 11.0. The lowest BCUT2D eigenvalue weighted by atomic mass is 10.0. The van der Waals surface area contributed by atoms with Gasteiger partial charge in [0.1, 0.15) is 0 Å². The molecule has 0 radical (unpaired) electrons. The molecule has 1 saturated heterocycles. The van der Waals surface area contributed by atoms with E-state index in [0.29, 0.717) is 37.8 Å². The Morgan fingerprint density at radius 1 is 1.12 bits per heavy atom. The van der Waals surface area contributed by atoms with Crippen molar-refractivity contribution in [2.75, 3.05) is 30.7 Å². The van der Waals surface area contributed by atoms with Crippen LogP contribution in [0.1, 0.15) is 42.1 Å². The third-order valence-corrected chi connectivity index (χ3v) is 7.50. The number of benzene rings is 2. The van der Waals surface area contributed by atoms with E-state index in [0.717, 1.165) is 44.4 Å². The number of nitrogens with two attached hydrogens (primary N) is 2. The first-order valence-corrected chi connectivity index (χ1v) is 12.6. The molecule has 1 aromatic heterocycles. The number of imidazole rings is 1. The SMILES string of the molecule is NC(=O)Nc1ccc2c(c1)[nH]c(=O)n2C1CCN(CCCC(=O)c2cc(Br)c(N)c(Br)c2)CC1. The number of rotatable bonds is 7. The van der Waals surface area contributed by atoms with Crippen LogP contribution in [0.5, 0.6) is 0 Å². The molecule has 9 nitrogen and oxygen atoms in total. The van der Waals surface area contributed by atoms with Crippen molar-refractivity contribution >= 4 is 66.1 Å². The Kier molecular flexibility index (Phi) is 7.44. The van der Waals surface area contributed by atoms with Crippen LogP contribution >= 0.6 is 31.9 Å². The highest BCUT2D eigenvalue weighted by molar-refractivity contribution is 9.11. The predicted molar refractivity (Wildman–Crippen MR) is 140 cm³/mol. The summed E-state index contributed by atoms with van der Waals surface area (Å²) in [5, 5.41) is 2.52. The van der Waals surface area contributed by atoms with Crippen molar-refractivity contribution in [3.05, 3.63) is 55.3 Å². The number of anilines is 2. The minimum absolute atomic E-state index is 0.0897. The first kappa shape index (κ1) is 24.5. The number of primary amides is 1. The fourth-order valence-electron chi connectivity index (χ4n) is 4.47. The van der Waals surface area contributed by atoms with Gasteiger partial charge in [0.15, 0.2) is 5.78 Å². The molecule has 0 atom stereocenters. The summed E-state index contributed by atoms with van der Waals surface area (Å²) in [4.78, 5) is 41.5. The Balaban J connectivity index is 1.32. The van der Waals surface area contributed by atoms with Crippen molar-refractivity contribution < 1.29 is 9.59 Å². The van der Waals surface area contributed by atoms with Gasteiger partial charge in [0.2, 0.25) is 0 Å². The number of hydrogen-bond acceptors (Lipinski definition) is 5. The van der Waals surface area contributed by atoms with Gasteiger partial charge < -0.3 is 26.7 Å². The summed E-state index contributed by atoms with van der Waals surface area (Å²) in [6.07, 6.45) is 2.93. The van der Waals surface area contributed by atoms with Gasteiger partial charge in [-0.2, -0.15) is 0 Å². The molecular weight excluding hydrogens is 568 g/mol. The van der Waals surface area contributed by atoms with Crippen molar-refractivity contribution in [3.63, 3.8) is 0 Å². The molecule has 34 heavy (non-hydrogen) atoms. The van der Waals surface area contributed by atoms with E-state index in [1.165, 1.54) is 0 Å². The second kappa shape index (κ2) is 10.3. The molecule has 1 aliphatic rings. The third-order valence-electron chi connectivity index (χ3n) is 6.19. The number of carbonyl (C=O) groups is 2. The third kappa shape index (κ3) is 5.37. The number of urea groups is 1. The van der Waals surface area contributed by atoms with Crippen molar-refractivity contribution in [1.29, 1.82) is 0 Å². The maximum atomic E-state index is 12.6. The summed E-state index contributed by atoms with van der Waals surface area (Å²) >= 11 is 6.77. The van der Waals surface area contributed by atoms with E-state index < -0.39 is 6.03 Å². The lowest BCUT2D eigenvalue weighted by Gasteiger charge is -2.32. The van der Waals surface area contributed by atoms with Crippen LogP contribution in [0.15, 0.2) is 44.1 Å². The van der Waals surface area contributed by atoms with Gasteiger partial charge in [-0.1, -0.05) is 0 Å². The number of Topliss-reactive ketones (excluding diaryl/α,β-unsaturated/α-hetero) is 1. The Hall–Kier alpha value is -2.63. The summed E-state index contributed by atoms with van der Waals surface area (Å²) in [7, 11) is 0. The van der Waals surface area contributed by atoms with Gasteiger partial charge in [0, 0.05) is 45.7 Å². The summed E-state index contributed by atoms with van der Waals surface area (Å²) in [5.41, 5.74) is 14.2. The molecule has 4 rings (SSSR count). The molecule has 0 unspecified atom stereocenters. The first-order chi connectivity index (χ1) is 16.2. The molecule has 2 amide bonds. The van der Waals surface area contributed by atoms with Crippen LogP contribution in [0.3, 0.4) is 0 Å². The van der Waals surface area contributed by atoms with Gasteiger partial charge in [0.05, 0.1) is 16.7 Å². The highest BCUT2D eigenvalue weighted by Crippen LogP contribution is 2.30. The van der Waals surface area contributed by atoms with Crippen molar-refractivity contribution in [1.82, 2.24) is 14.5 Å². The number of likely N-dealkylation sites (tertiary alicyclic amines) is 1. The highest BCUT2D eigenvalue weighted by Gasteiger charge is 2.24. The number of halogens is 2. The molecular formula is C23H26Br2N6O3. The summed E-state index contributed by atoms with van der Waals surface area (Å²) in [5.74, 6) is 0.0897. The van der Waals surface area contributed by atoms with Crippen LogP contribution in [-0.2, 0) is 0 Å². The molecule has 180 valence electrons. The second-order valence-corrected chi connectivity index (χ2v) is 10.2. The van der Waals surface area contributed by atoms with Crippen LogP contribution in [0.25, 0.3) is 11.0 Å². The molecule has 2 heterocycles. The number of nitrogen functional groups attached to an aromatic ring is 1. The lowest BCUT2D eigenvalue weighted by molar-refractivity contribution is 0.0970. The van der Waals surface area contributed by atoms with E-state index in [4.69, 9.17) is 11.5 Å². The van der Waals surface area contributed by atoms with Crippen molar-refractivity contribution in [2.24, 2.45) is 5.73 Å². The normalized spacial score (nSPS) is 15.0. The maximum absolute atomic E-state index is 12.6. The van der Waals surface area contributed by atoms with Crippen LogP contribution in [-0.4, -0.2) is 45.9 Å². The van der Waals surface area contributed by atoms with Crippen LogP contribution in [0.4, 0.5) is 16.2 Å². The van der Waals surface area contributed by atoms with E-state index in [-0.39, 0.29) is 17.5 Å². The Morgan fingerprint density at radius 2 is 1.79 bits per heavy atom. The summed E-state index contributed by atoms with van der Waals surface area (Å²) in [6, 6.07) is 8.25.